The molecule has 5 heteroatoms. The molecule has 0 amide bonds. The highest BCUT2D eigenvalue weighted by Crippen LogP contribution is 2.36. The van der Waals surface area contributed by atoms with Gasteiger partial charge in [0.05, 0.1) is 19.7 Å². The van der Waals surface area contributed by atoms with Crippen molar-refractivity contribution in [3.63, 3.8) is 0 Å². The molecular formula is C14H17NO4. The predicted octanol–water partition coefficient (Wildman–Crippen LogP) is 2.69. The normalized spacial score (nSPS) is 10.7. The summed E-state index contributed by atoms with van der Waals surface area (Å²) in [4.78, 5) is 11.4. The second-order valence-electron chi connectivity index (χ2n) is 4.25. The van der Waals surface area contributed by atoms with E-state index in [0.29, 0.717) is 23.7 Å². The van der Waals surface area contributed by atoms with E-state index in [2.05, 4.69) is 0 Å². The number of benzene rings is 1. The van der Waals surface area contributed by atoms with E-state index in [-0.39, 0.29) is 0 Å². The summed E-state index contributed by atoms with van der Waals surface area (Å²) in [7, 11) is 3.14. The van der Waals surface area contributed by atoms with Crippen molar-refractivity contribution in [1.82, 2.24) is 4.57 Å². The molecule has 1 aromatic heterocycles. The van der Waals surface area contributed by atoms with E-state index in [1.54, 1.807) is 31.8 Å². The molecule has 1 heterocycles. The van der Waals surface area contributed by atoms with Gasteiger partial charge in [-0.3, -0.25) is 0 Å². The van der Waals surface area contributed by atoms with Crippen molar-refractivity contribution < 1.29 is 19.4 Å². The Bertz CT molecular complexity index is 643. The van der Waals surface area contributed by atoms with Gasteiger partial charge in [0.2, 0.25) is 0 Å². The molecule has 19 heavy (non-hydrogen) atoms. The van der Waals surface area contributed by atoms with E-state index in [1.807, 2.05) is 13.0 Å². The third kappa shape index (κ3) is 1.91. The number of carboxylic acids is 1. The summed E-state index contributed by atoms with van der Waals surface area (Å²) in [5.74, 6) is 0.334. The third-order valence-corrected chi connectivity index (χ3v) is 3.32. The Morgan fingerprint density at radius 1 is 1.32 bits per heavy atom. The van der Waals surface area contributed by atoms with Crippen LogP contribution in [0.4, 0.5) is 0 Å². The van der Waals surface area contributed by atoms with Crippen LogP contribution in [0.1, 0.15) is 23.0 Å². The summed E-state index contributed by atoms with van der Waals surface area (Å²) in [6.45, 7) is 4.28. The molecule has 5 nitrogen and oxygen atoms in total. The molecule has 0 atom stereocenters. The van der Waals surface area contributed by atoms with Gasteiger partial charge in [-0.15, -0.1) is 0 Å². The van der Waals surface area contributed by atoms with Gasteiger partial charge >= 0.3 is 5.97 Å². The first kappa shape index (κ1) is 13.3. The van der Waals surface area contributed by atoms with Crippen LogP contribution in [0, 0.1) is 6.92 Å². The minimum Gasteiger partial charge on any atom is -0.497 e. The summed E-state index contributed by atoms with van der Waals surface area (Å²) in [5.41, 5.74) is 1.81. The molecule has 0 bridgehead atoms. The first-order valence-electron chi connectivity index (χ1n) is 6.03. The number of rotatable bonds is 4. The van der Waals surface area contributed by atoms with E-state index in [9.17, 15) is 9.90 Å². The van der Waals surface area contributed by atoms with Crippen molar-refractivity contribution in [2.75, 3.05) is 14.2 Å². The largest absolute Gasteiger partial charge is 0.497 e. The van der Waals surface area contributed by atoms with Gasteiger partial charge in [-0.25, -0.2) is 4.79 Å². The van der Waals surface area contributed by atoms with Crippen molar-refractivity contribution in [3.05, 3.63) is 23.4 Å². The highest BCUT2D eigenvalue weighted by molar-refractivity contribution is 6.00. The number of nitrogens with zero attached hydrogens (tertiary/aromatic N) is 1. The standard InChI is InChI=1S/C14H17NO4/c1-5-15-12(14(16)17)8(2)10-6-9(18-3)7-11(19-4)13(10)15/h6-7H,5H2,1-4H3,(H,16,17). The van der Waals surface area contributed by atoms with E-state index in [4.69, 9.17) is 9.47 Å². The molecule has 0 radical (unpaired) electrons. The number of aromatic nitrogens is 1. The van der Waals surface area contributed by atoms with Crippen molar-refractivity contribution in [2.24, 2.45) is 0 Å². The van der Waals surface area contributed by atoms with Gasteiger partial charge in [-0.2, -0.15) is 0 Å². The van der Waals surface area contributed by atoms with Crippen LogP contribution < -0.4 is 9.47 Å². The van der Waals surface area contributed by atoms with Crippen molar-refractivity contribution >= 4 is 16.9 Å². The van der Waals surface area contributed by atoms with Gasteiger partial charge in [0.15, 0.2) is 0 Å². The summed E-state index contributed by atoms with van der Waals surface area (Å²) in [6, 6.07) is 3.60. The molecule has 0 saturated heterocycles. The molecule has 1 aromatic carbocycles. The van der Waals surface area contributed by atoms with Crippen LogP contribution in [0.3, 0.4) is 0 Å². The SMILES string of the molecule is CCn1c(C(=O)O)c(C)c2cc(OC)cc(OC)c21. The number of aromatic carboxylic acids is 1. The zero-order valence-electron chi connectivity index (χ0n) is 11.5. The quantitative estimate of drug-likeness (QED) is 0.921. The van der Waals surface area contributed by atoms with Crippen LogP contribution in [0.25, 0.3) is 10.9 Å². The van der Waals surface area contributed by atoms with Gasteiger partial charge in [-0.05, 0) is 25.5 Å². The van der Waals surface area contributed by atoms with Gasteiger partial charge in [-0.1, -0.05) is 0 Å². The fraction of sp³-hybridized carbons (Fsp3) is 0.357. The van der Waals surface area contributed by atoms with Crippen LogP contribution in [0.2, 0.25) is 0 Å². The minimum absolute atomic E-state index is 0.295. The second-order valence-corrected chi connectivity index (χ2v) is 4.25. The molecule has 1 N–H and O–H groups in total. The van der Waals surface area contributed by atoms with Crippen molar-refractivity contribution in [2.45, 2.75) is 20.4 Å². The molecule has 0 aliphatic rings. The number of fused-ring (bicyclic) bond motifs is 1. The fourth-order valence-corrected chi connectivity index (χ4v) is 2.45. The average molecular weight is 263 g/mol. The first-order chi connectivity index (χ1) is 9.04. The summed E-state index contributed by atoms with van der Waals surface area (Å²) >= 11 is 0. The zero-order chi connectivity index (χ0) is 14.2. The van der Waals surface area contributed by atoms with Gasteiger partial charge in [0, 0.05) is 18.0 Å². The van der Waals surface area contributed by atoms with E-state index >= 15 is 0 Å². The molecule has 0 aliphatic carbocycles. The molecule has 0 spiro atoms. The van der Waals surface area contributed by atoms with Gasteiger partial charge < -0.3 is 19.1 Å². The Morgan fingerprint density at radius 2 is 2.00 bits per heavy atom. The Kier molecular flexibility index (Phi) is 3.38. The summed E-state index contributed by atoms with van der Waals surface area (Å²) in [5, 5.41) is 10.2. The number of hydrogen-bond acceptors (Lipinski definition) is 3. The van der Waals surface area contributed by atoms with Gasteiger partial charge in [0.25, 0.3) is 0 Å². The van der Waals surface area contributed by atoms with E-state index < -0.39 is 5.97 Å². The molecule has 0 saturated carbocycles. The monoisotopic (exact) mass is 263 g/mol. The minimum atomic E-state index is -0.934. The number of hydrogen-bond donors (Lipinski definition) is 1. The van der Waals surface area contributed by atoms with Crippen molar-refractivity contribution in [1.29, 1.82) is 0 Å². The maximum Gasteiger partial charge on any atom is 0.352 e. The number of carbonyl (C=O) groups is 1. The highest BCUT2D eigenvalue weighted by Gasteiger charge is 2.22. The second kappa shape index (κ2) is 4.84. The lowest BCUT2D eigenvalue weighted by Gasteiger charge is -2.10. The molecule has 2 rings (SSSR count). The Balaban J connectivity index is 2.94. The lowest BCUT2D eigenvalue weighted by atomic mass is 10.1. The lowest BCUT2D eigenvalue weighted by Crippen LogP contribution is -2.08. The number of carboxylic acid groups (broad SMARTS) is 1. The summed E-state index contributed by atoms with van der Waals surface area (Å²) in [6.07, 6.45) is 0. The Morgan fingerprint density at radius 3 is 2.47 bits per heavy atom. The van der Waals surface area contributed by atoms with Crippen LogP contribution in [-0.2, 0) is 6.54 Å². The zero-order valence-corrected chi connectivity index (χ0v) is 11.5. The van der Waals surface area contributed by atoms with E-state index in [1.165, 1.54) is 0 Å². The molecule has 102 valence electrons. The number of ether oxygens (including phenoxy) is 2. The Hall–Kier alpha value is -2.17. The van der Waals surface area contributed by atoms with Crippen molar-refractivity contribution in [3.8, 4) is 11.5 Å². The van der Waals surface area contributed by atoms with Gasteiger partial charge in [0.1, 0.15) is 17.2 Å². The maximum absolute atomic E-state index is 11.4. The smallest absolute Gasteiger partial charge is 0.352 e. The van der Waals surface area contributed by atoms with Crippen LogP contribution in [-0.4, -0.2) is 29.9 Å². The average Bonchev–Trinajstić information content (AvgIpc) is 2.70. The van der Waals surface area contributed by atoms with Crippen LogP contribution >= 0.6 is 0 Å². The fourth-order valence-electron chi connectivity index (χ4n) is 2.45. The highest BCUT2D eigenvalue weighted by atomic mass is 16.5. The topological polar surface area (TPSA) is 60.7 Å². The van der Waals surface area contributed by atoms with Crippen LogP contribution in [0.5, 0.6) is 11.5 Å². The number of methoxy groups -OCH3 is 2. The number of aryl methyl sites for hydroxylation is 2. The van der Waals surface area contributed by atoms with Crippen LogP contribution in [0.15, 0.2) is 12.1 Å². The predicted molar refractivity (Wildman–Crippen MR) is 72.4 cm³/mol. The first-order valence-corrected chi connectivity index (χ1v) is 6.03. The molecule has 2 aromatic rings. The summed E-state index contributed by atoms with van der Waals surface area (Å²) < 4.78 is 12.3. The molecule has 0 aliphatic heterocycles. The molecule has 0 unspecified atom stereocenters. The molecular weight excluding hydrogens is 246 g/mol. The third-order valence-electron chi connectivity index (χ3n) is 3.32. The molecule has 0 fully saturated rings. The maximum atomic E-state index is 11.4. The lowest BCUT2D eigenvalue weighted by molar-refractivity contribution is 0.0685. The Labute approximate surface area is 111 Å². The van der Waals surface area contributed by atoms with E-state index in [0.717, 1.165) is 16.5 Å².